The maximum absolute atomic E-state index is 12.8. The van der Waals surface area contributed by atoms with Gasteiger partial charge in [0.1, 0.15) is 11.6 Å². The second-order valence-electron chi connectivity index (χ2n) is 7.45. The van der Waals surface area contributed by atoms with Gasteiger partial charge in [-0.2, -0.15) is 5.26 Å². The molecule has 0 saturated carbocycles. The molecule has 1 aliphatic heterocycles. The molecule has 0 radical (unpaired) electrons. The zero-order valence-electron chi connectivity index (χ0n) is 17.1. The number of nitrogens with zero attached hydrogens (tertiary/aromatic N) is 4. The number of carbonyl (C=O) groups is 2. The normalized spacial score (nSPS) is 15.6. The van der Waals surface area contributed by atoms with Gasteiger partial charge in [-0.15, -0.1) is 0 Å². The van der Waals surface area contributed by atoms with Gasteiger partial charge in [0, 0.05) is 51.0 Å². The molecule has 6 heteroatoms. The highest BCUT2D eigenvalue weighted by Gasteiger charge is 2.29. The van der Waals surface area contributed by atoms with Crippen LogP contribution < -0.4 is 0 Å². The predicted octanol–water partition coefficient (Wildman–Crippen LogP) is 2.75. The third-order valence-corrected chi connectivity index (χ3v) is 5.28. The largest absolute Gasteiger partial charge is 0.349 e. The molecule has 6 nitrogen and oxygen atoms in total. The van der Waals surface area contributed by atoms with E-state index in [1.165, 1.54) is 0 Å². The summed E-state index contributed by atoms with van der Waals surface area (Å²) >= 11 is 0. The summed E-state index contributed by atoms with van der Waals surface area (Å²) in [4.78, 5) is 28.2. The number of hydrogen-bond donors (Lipinski definition) is 0. The van der Waals surface area contributed by atoms with E-state index in [9.17, 15) is 14.9 Å². The summed E-state index contributed by atoms with van der Waals surface area (Å²) in [6, 6.07) is 4.10. The molecule has 1 aliphatic rings. The van der Waals surface area contributed by atoms with E-state index < -0.39 is 0 Å². The van der Waals surface area contributed by atoms with E-state index in [1.54, 1.807) is 30.0 Å². The molecule has 2 heterocycles. The molecular weight excluding hydrogens is 340 g/mol. The van der Waals surface area contributed by atoms with E-state index in [-0.39, 0.29) is 23.3 Å². The first-order valence-electron chi connectivity index (χ1n) is 9.59. The quantitative estimate of drug-likeness (QED) is 0.591. The van der Waals surface area contributed by atoms with Crippen LogP contribution in [0.1, 0.15) is 43.1 Å². The lowest BCUT2D eigenvalue weighted by molar-refractivity contribution is -0.137. The predicted molar refractivity (Wildman–Crippen MR) is 106 cm³/mol. The van der Waals surface area contributed by atoms with Gasteiger partial charge in [0.2, 0.25) is 5.91 Å². The van der Waals surface area contributed by atoms with Gasteiger partial charge >= 0.3 is 0 Å². The Morgan fingerprint density at radius 3 is 2.44 bits per heavy atom. The molecule has 2 rings (SSSR count). The molecule has 0 unspecified atom stereocenters. The zero-order valence-corrected chi connectivity index (χ0v) is 17.1. The van der Waals surface area contributed by atoms with Crippen LogP contribution in [-0.4, -0.2) is 53.4 Å². The molecule has 1 aromatic heterocycles. The van der Waals surface area contributed by atoms with Gasteiger partial charge in [-0.25, -0.2) is 0 Å². The average molecular weight is 370 g/mol. The molecule has 0 aromatic carbocycles. The van der Waals surface area contributed by atoms with Crippen LogP contribution in [0.15, 0.2) is 11.6 Å². The number of rotatable bonds is 5. The van der Waals surface area contributed by atoms with Crippen molar-refractivity contribution in [3.8, 4) is 6.07 Å². The second kappa shape index (κ2) is 8.90. The van der Waals surface area contributed by atoms with E-state index in [1.807, 2.05) is 19.9 Å². The van der Waals surface area contributed by atoms with Crippen LogP contribution in [0.4, 0.5) is 0 Å². The Kier molecular flexibility index (Phi) is 6.84. The molecule has 0 N–H and O–H groups in total. The fraction of sp³-hybridized carbons (Fsp3) is 0.571. The van der Waals surface area contributed by atoms with Crippen LogP contribution in [0.2, 0.25) is 0 Å². The Balaban J connectivity index is 2.13. The Morgan fingerprint density at radius 1 is 1.30 bits per heavy atom. The summed E-state index contributed by atoms with van der Waals surface area (Å²) in [6.45, 7) is 8.14. The topological polar surface area (TPSA) is 69.3 Å². The van der Waals surface area contributed by atoms with E-state index >= 15 is 0 Å². The molecule has 0 bridgehead atoms. The van der Waals surface area contributed by atoms with Gasteiger partial charge < -0.3 is 14.4 Å². The number of aromatic nitrogens is 1. The van der Waals surface area contributed by atoms with Crippen molar-refractivity contribution < 1.29 is 9.59 Å². The summed E-state index contributed by atoms with van der Waals surface area (Å²) in [7, 11) is 3.51. The molecule has 0 aliphatic carbocycles. The highest BCUT2D eigenvalue weighted by molar-refractivity contribution is 6.02. The van der Waals surface area contributed by atoms with E-state index in [2.05, 4.69) is 17.6 Å². The third-order valence-electron chi connectivity index (χ3n) is 5.28. The first-order chi connectivity index (χ1) is 12.8. The van der Waals surface area contributed by atoms with Gasteiger partial charge in [0.05, 0.1) is 0 Å². The molecule has 1 saturated heterocycles. The number of likely N-dealkylation sites (tertiary alicyclic amines) is 1. The first-order valence-corrected chi connectivity index (χ1v) is 9.59. The van der Waals surface area contributed by atoms with Crippen molar-refractivity contribution in [3.05, 3.63) is 28.6 Å². The van der Waals surface area contributed by atoms with E-state index in [4.69, 9.17) is 0 Å². The van der Waals surface area contributed by atoms with Crippen molar-refractivity contribution in [2.75, 3.05) is 27.2 Å². The van der Waals surface area contributed by atoms with Crippen molar-refractivity contribution in [2.24, 2.45) is 5.92 Å². The Morgan fingerprint density at radius 2 is 1.93 bits per heavy atom. The molecule has 1 fully saturated rings. The standard InChI is InChI=1S/C21H30N4O2/c1-6-9-25-15(2)12-18(16(25)3)13-19(14-22)21(27)24-10-7-17(8-11-24)20(26)23(4)5/h12-13,17H,6-11H2,1-5H3. The highest BCUT2D eigenvalue weighted by Crippen LogP contribution is 2.22. The Bertz CT molecular complexity index is 775. The lowest BCUT2D eigenvalue weighted by Gasteiger charge is -2.32. The monoisotopic (exact) mass is 370 g/mol. The number of piperidine rings is 1. The second-order valence-corrected chi connectivity index (χ2v) is 7.45. The zero-order chi connectivity index (χ0) is 20.1. The van der Waals surface area contributed by atoms with Crippen LogP contribution in [0, 0.1) is 31.1 Å². The fourth-order valence-corrected chi connectivity index (χ4v) is 3.70. The van der Waals surface area contributed by atoms with Crippen molar-refractivity contribution in [1.29, 1.82) is 5.26 Å². The molecule has 0 spiro atoms. The van der Waals surface area contributed by atoms with Crippen molar-refractivity contribution in [3.63, 3.8) is 0 Å². The average Bonchev–Trinajstić information content (AvgIpc) is 2.92. The Labute approximate surface area is 162 Å². The molecule has 27 heavy (non-hydrogen) atoms. The maximum Gasteiger partial charge on any atom is 0.264 e. The summed E-state index contributed by atoms with van der Waals surface area (Å²) in [5.74, 6) is -0.165. The minimum absolute atomic E-state index is 0.0356. The van der Waals surface area contributed by atoms with Crippen molar-refractivity contribution in [2.45, 2.75) is 46.6 Å². The van der Waals surface area contributed by atoms with Gasteiger partial charge in [-0.05, 0) is 50.8 Å². The molecule has 1 aromatic rings. The number of aryl methyl sites for hydroxylation is 1. The van der Waals surface area contributed by atoms with E-state index in [0.29, 0.717) is 25.9 Å². The van der Waals surface area contributed by atoms with Crippen molar-refractivity contribution in [1.82, 2.24) is 14.4 Å². The number of carbonyl (C=O) groups excluding carboxylic acids is 2. The van der Waals surface area contributed by atoms with Gasteiger partial charge in [0.15, 0.2) is 0 Å². The molecule has 0 atom stereocenters. The van der Waals surface area contributed by atoms with Crippen molar-refractivity contribution >= 4 is 17.9 Å². The van der Waals surface area contributed by atoms with E-state index in [0.717, 1.165) is 29.9 Å². The van der Waals surface area contributed by atoms with Crippen LogP contribution in [0.25, 0.3) is 6.08 Å². The first kappa shape index (κ1) is 20.8. The van der Waals surface area contributed by atoms with Crippen LogP contribution in [-0.2, 0) is 16.1 Å². The number of nitriles is 1. The summed E-state index contributed by atoms with van der Waals surface area (Å²) in [6.07, 6.45) is 4.02. The fourth-order valence-electron chi connectivity index (χ4n) is 3.70. The van der Waals surface area contributed by atoms with Crippen LogP contribution in [0.3, 0.4) is 0 Å². The summed E-state index contributed by atoms with van der Waals surface area (Å²) < 4.78 is 2.21. The minimum Gasteiger partial charge on any atom is -0.349 e. The number of amides is 2. The molecular formula is C21H30N4O2. The molecule has 146 valence electrons. The van der Waals surface area contributed by atoms with Gasteiger partial charge in [-0.1, -0.05) is 6.92 Å². The lowest BCUT2D eigenvalue weighted by Crippen LogP contribution is -2.43. The van der Waals surface area contributed by atoms with Crippen LogP contribution in [0.5, 0.6) is 0 Å². The SMILES string of the molecule is CCCn1c(C)cc(C=C(C#N)C(=O)N2CCC(C(=O)N(C)C)CC2)c1C. The summed E-state index contributed by atoms with van der Waals surface area (Å²) in [5, 5.41) is 9.54. The third kappa shape index (κ3) is 4.60. The molecule has 2 amide bonds. The maximum atomic E-state index is 12.8. The number of hydrogen-bond acceptors (Lipinski definition) is 3. The summed E-state index contributed by atoms with van der Waals surface area (Å²) in [5.41, 5.74) is 3.28. The van der Waals surface area contributed by atoms with Crippen LogP contribution >= 0.6 is 0 Å². The highest BCUT2D eigenvalue weighted by atomic mass is 16.2. The van der Waals surface area contributed by atoms with Gasteiger partial charge in [0.25, 0.3) is 5.91 Å². The Hall–Kier alpha value is -2.55. The minimum atomic E-state index is -0.242. The van der Waals surface area contributed by atoms with Gasteiger partial charge in [-0.3, -0.25) is 9.59 Å². The lowest BCUT2D eigenvalue weighted by atomic mass is 9.95. The smallest absolute Gasteiger partial charge is 0.264 e.